The Bertz CT molecular complexity index is 288. The Kier molecular flexibility index (Phi) is 8.00. The summed E-state index contributed by atoms with van der Waals surface area (Å²) in [5, 5.41) is 3.38. The Balaban J connectivity index is 4.50. The Morgan fingerprint density at radius 2 is 1.88 bits per heavy atom. The molecule has 0 aromatic rings. The van der Waals surface area contributed by atoms with Gasteiger partial charge in [-0.1, -0.05) is 20.8 Å². The van der Waals surface area contributed by atoms with E-state index in [1.54, 1.807) is 7.11 Å². The molecule has 0 bridgehead atoms. The Hall–Kier alpha value is -0.130. The van der Waals surface area contributed by atoms with Crippen LogP contribution in [0.4, 0.5) is 0 Å². The fraction of sp³-hybridized carbons (Fsp3) is 1.00. The van der Waals surface area contributed by atoms with Gasteiger partial charge in [0.2, 0.25) is 0 Å². The third-order valence-corrected chi connectivity index (χ3v) is 3.76. The molecule has 0 saturated heterocycles. The molecule has 0 heterocycles. The fourth-order valence-electron chi connectivity index (χ4n) is 1.95. The molecule has 0 aromatic heterocycles. The minimum Gasteiger partial charge on any atom is -0.380 e. The van der Waals surface area contributed by atoms with Crippen LogP contribution in [0.3, 0.4) is 0 Å². The van der Waals surface area contributed by atoms with Crippen LogP contribution < -0.4 is 5.32 Å². The van der Waals surface area contributed by atoms with Crippen LogP contribution in [-0.4, -0.2) is 46.2 Å². The maximum atomic E-state index is 11.2. The van der Waals surface area contributed by atoms with E-state index in [2.05, 4.69) is 26.1 Å². The average Bonchev–Trinajstić information content (AvgIpc) is 2.20. The van der Waals surface area contributed by atoms with E-state index in [0.717, 1.165) is 13.0 Å². The Morgan fingerprint density at radius 3 is 2.24 bits per heavy atom. The zero-order valence-electron chi connectivity index (χ0n) is 11.7. The van der Waals surface area contributed by atoms with E-state index in [1.807, 2.05) is 0 Å². The zero-order chi connectivity index (χ0) is 13.5. The van der Waals surface area contributed by atoms with Gasteiger partial charge < -0.3 is 10.1 Å². The van der Waals surface area contributed by atoms with Gasteiger partial charge in [0.25, 0.3) is 0 Å². The van der Waals surface area contributed by atoms with Crippen LogP contribution in [0.15, 0.2) is 0 Å². The van der Waals surface area contributed by atoms with Gasteiger partial charge in [-0.15, -0.1) is 0 Å². The summed E-state index contributed by atoms with van der Waals surface area (Å²) in [6.07, 6.45) is 2.98. The lowest BCUT2D eigenvalue weighted by Crippen LogP contribution is -2.45. The summed E-state index contributed by atoms with van der Waals surface area (Å²) in [7, 11) is -1.22. The maximum Gasteiger partial charge on any atom is 0.147 e. The highest BCUT2D eigenvalue weighted by Gasteiger charge is 2.24. The van der Waals surface area contributed by atoms with Gasteiger partial charge in [-0.05, 0) is 25.3 Å². The van der Waals surface area contributed by atoms with Crippen molar-refractivity contribution in [1.29, 1.82) is 0 Å². The van der Waals surface area contributed by atoms with Crippen LogP contribution >= 0.6 is 0 Å². The predicted molar refractivity (Wildman–Crippen MR) is 72.0 cm³/mol. The van der Waals surface area contributed by atoms with Crippen molar-refractivity contribution >= 4 is 9.84 Å². The summed E-state index contributed by atoms with van der Waals surface area (Å²) in [6.45, 7) is 7.17. The van der Waals surface area contributed by atoms with Gasteiger partial charge in [0.1, 0.15) is 9.84 Å². The quantitative estimate of drug-likeness (QED) is 0.686. The third kappa shape index (κ3) is 7.73. The minimum atomic E-state index is -2.91. The highest BCUT2D eigenvalue weighted by molar-refractivity contribution is 7.90. The molecule has 0 aliphatic carbocycles. The van der Waals surface area contributed by atoms with Crippen molar-refractivity contribution in [2.75, 3.05) is 25.7 Å². The molecule has 1 N–H and O–H groups in total. The molecule has 0 radical (unpaired) electrons. The number of hydrogen-bond acceptors (Lipinski definition) is 4. The second-order valence-electron chi connectivity index (χ2n) is 4.92. The number of nitrogens with one attached hydrogen (secondary N) is 1. The lowest BCUT2D eigenvalue weighted by atomic mass is 9.97. The Labute approximate surface area is 106 Å². The van der Waals surface area contributed by atoms with Crippen LogP contribution in [0.25, 0.3) is 0 Å². The largest absolute Gasteiger partial charge is 0.380 e. The second-order valence-corrected chi connectivity index (χ2v) is 7.18. The molecule has 0 aromatic carbocycles. The molecule has 104 valence electrons. The average molecular weight is 265 g/mol. The first-order chi connectivity index (χ1) is 7.81. The minimum absolute atomic E-state index is 0.0586. The first-order valence-electron chi connectivity index (χ1n) is 6.25. The topological polar surface area (TPSA) is 55.4 Å². The summed E-state index contributed by atoms with van der Waals surface area (Å²) in [5.74, 6) is 0.579. The third-order valence-electron chi connectivity index (χ3n) is 2.78. The predicted octanol–water partition coefficient (Wildman–Crippen LogP) is 1.46. The molecule has 0 rings (SSSR count). The molecule has 4 nitrogen and oxygen atoms in total. The molecule has 5 heteroatoms. The van der Waals surface area contributed by atoms with Crippen molar-refractivity contribution in [3.05, 3.63) is 0 Å². The molecule has 0 saturated carbocycles. The molecule has 0 amide bonds. The van der Waals surface area contributed by atoms with E-state index in [9.17, 15) is 8.42 Å². The van der Waals surface area contributed by atoms with Crippen molar-refractivity contribution in [2.45, 2.75) is 45.8 Å². The summed E-state index contributed by atoms with van der Waals surface area (Å²) in [6, 6.07) is 0.106. The SMILES string of the molecule is CCCNC(CCS(C)(=O)=O)C(OC)C(C)C. The first-order valence-corrected chi connectivity index (χ1v) is 8.31. The lowest BCUT2D eigenvalue weighted by molar-refractivity contribution is 0.0323. The van der Waals surface area contributed by atoms with Gasteiger partial charge in [0, 0.05) is 19.4 Å². The molecule has 0 fully saturated rings. The lowest BCUT2D eigenvalue weighted by Gasteiger charge is -2.29. The molecule has 0 spiro atoms. The van der Waals surface area contributed by atoms with Crippen molar-refractivity contribution < 1.29 is 13.2 Å². The van der Waals surface area contributed by atoms with Crippen molar-refractivity contribution in [3.8, 4) is 0 Å². The van der Waals surface area contributed by atoms with Crippen LogP contribution in [0.2, 0.25) is 0 Å². The van der Waals surface area contributed by atoms with E-state index < -0.39 is 9.84 Å². The number of hydrogen-bond donors (Lipinski definition) is 1. The van der Waals surface area contributed by atoms with Crippen LogP contribution in [0.5, 0.6) is 0 Å². The van der Waals surface area contributed by atoms with Crippen LogP contribution in [0, 0.1) is 5.92 Å². The van der Waals surface area contributed by atoms with Crippen LogP contribution in [-0.2, 0) is 14.6 Å². The molecule has 17 heavy (non-hydrogen) atoms. The summed E-state index contributed by atoms with van der Waals surface area (Å²) in [4.78, 5) is 0. The monoisotopic (exact) mass is 265 g/mol. The number of sulfone groups is 1. The van der Waals surface area contributed by atoms with Gasteiger partial charge in [-0.3, -0.25) is 0 Å². The zero-order valence-corrected chi connectivity index (χ0v) is 12.5. The normalized spacial score (nSPS) is 16.1. The molecular formula is C12H27NO3S. The highest BCUT2D eigenvalue weighted by Crippen LogP contribution is 2.14. The second kappa shape index (κ2) is 8.06. The van der Waals surface area contributed by atoms with Crippen molar-refractivity contribution in [1.82, 2.24) is 5.32 Å². The van der Waals surface area contributed by atoms with Crippen molar-refractivity contribution in [2.24, 2.45) is 5.92 Å². The van der Waals surface area contributed by atoms with Gasteiger partial charge in [0.05, 0.1) is 11.9 Å². The summed E-state index contributed by atoms with van der Waals surface area (Å²) < 4.78 is 27.9. The van der Waals surface area contributed by atoms with Gasteiger partial charge in [-0.2, -0.15) is 0 Å². The molecular weight excluding hydrogens is 238 g/mol. The van der Waals surface area contributed by atoms with Gasteiger partial charge >= 0.3 is 0 Å². The summed E-state index contributed by atoms with van der Waals surface area (Å²) in [5.41, 5.74) is 0. The van der Waals surface area contributed by atoms with E-state index in [4.69, 9.17) is 4.74 Å². The van der Waals surface area contributed by atoms with Crippen LogP contribution in [0.1, 0.15) is 33.6 Å². The number of rotatable bonds is 9. The van der Waals surface area contributed by atoms with Gasteiger partial charge in [-0.25, -0.2) is 8.42 Å². The smallest absolute Gasteiger partial charge is 0.147 e. The first kappa shape index (κ1) is 16.9. The maximum absolute atomic E-state index is 11.2. The fourth-order valence-corrected chi connectivity index (χ4v) is 2.64. The summed E-state index contributed by atoms with van der Waals surface area (Å²) >= 11 is 0. The number of methoxy groups -OCH3 is 1. The molecule has 0 aliphatic heterocycles. The standard InChI is InChI=1S/C12H27NO3S/c1-6-8-13-11(7-9-17(5,14)15)12(16-4)10(2)3/h10-13H,6-9H2,1-5H3. The van der Waals surface area contributed by atoms with E-state index in [-0.39, 0.29) is 17.9 Å². The van der Waals surface area contributed by atoms with E-state index in [0.29, 0.717) is 12.3 Å². The molecule has 2 atom stereocenters. The molecule has 2 unspecified atom stereocenters. The van der Waals surface area contributed by atoms with Gasteiger partial charge in [0.15, 0.2) is 0 Å². The molecule has 0 aliphatic rings. The Morgan fingerprint density at radius 1 is 1.29 bits per heavy atom. The van der Waals surface area contributed by atoms with Crippen molar-refractivity contribution in [3.63, 3.8) is 0 Å². The highest BCUT2D eigenvalue weighted by atomic mass is 32.2. The van der Waals surface area contributed by atoms with E-state index in [1.165, 1.54) is 6.26 Å². The number of ether oxygens (including phenoxy) is 1. The van der Waals surface area contributed by atoms with E-state index >= 15 is 0 Å².